The summed E-state index contributed by atoms with van der Waals surface area (Å²) in [6, 6.07) is 23.6. The molecule has 0 spiro atoms. The number of fused-ring (bicyclic) bond motifs is 2. The normalized spacial score (nSPS) is 19.8. The van der Waals surface area contributed by atoms with E-state index in [-0.39, 0.29) is 37.7 Å². The maximum Gasteiger partial charge on any atom is 0.332 e. The molecule has 2 saturated heterocycles. The molecule has 3 aromatic carbocycles. The highest BCUT2D eigenvalue weighted by Gasteiger charge is 2.52. The number of nitrogens with one attached hydrogen (secondary N) is 1. The zero-order valence-corrected chi connectivity index (χ0v) is 22.9. The number of ether oxygens (including phenoxy) is 2. The fourth-order valence-corrected chi connectivity index (χ4v) is 5.72. The molecule has 6 rings (SSSR count). The molecular weight excluding hydrogens is 522 g/mol. The van der Waals surface area contributed by atoms with E-state index >= 15 is 0 Å². The third kappa shape index (κ3) is 5.30. The van der Waals surface area contributed by atoms with Crippen molar-refractivity contribution in [2.45, 2.75) is 38.6 Å². The Balaban J connectivity index is 1.29. The summed E-state index contributed by atoms with van der Waals surface area (Å²) >= 11 is 0. The van der Waals surface area contributed by atoms with Crippen LogP contribution in [0.3, 0.4) is 0 Å². The first-order valence-corrected chi connectivity index (χ1v) is 13.9. The lowest BCUT2D eigenvalue weighted by Crippen LogP contribution is -2.62. The van der Waals surface area contributed by atoms with Crippen LogP contribution in [0.1, 0.15) is 36.1 Å². The Kier molecular flexibility index (Phi) is 7.47. The van der Waals surface area contributed by atoms with Crippen molar-refractivity contribution < 1.29 is 23.9 Å². The van der Waals surface area contributed by atoms with Gasteiger partial charge in [-0.1, -0.05) is 73.7 Å². The number of hydrazine groups is 1. The second kappa shape index (κ2) is 11.5. The summed E-state index contributed by atoms with van der Waals surface area (Å²) in [6.45, 7) is 3.58. The number of hydrogen-bond donors (Lipinski definition) is 1. The van der Waals surface area contributed by atoms with Crippen LogP contribution in [0.15, 0.2) is 78.9 Å². The zero-order valence-electron chi connectivity index (χ0n) is 22.9. The number of amides is 4. The topological polar surface area (TPSA) is 94.7 Å². The van der Waals surface area contributed by atoms with Gasteiger partial charge in [-0.15, -0.1) is 0 Å². The summed E-state index contributed by atoms with van der Waals surface area (Å²) < 4.78 is 11.0. The number of carbonyl (C=O) groups excluding carboxylic acids is 3. The van der Waals surface area contributed by atoms with Crippen LogP contribution in [-0.4, -0.2) is 70.3 Å². The smallest absolute Gasteiger partial charge is 0.332 e. The Morgan fingerprint density at radius 3 is 2.44 bits per heavy atom. The van der Waals surface area contributed by atoms with E-state index in [0.29, 0.717) is 37.6 Å². The molecule has 10 nitrogen and oxygen atoms in total. The highest BCUT2D eigenvalue weighted by Crippen LogP contribution is 2.37. The van der Waals surface area contributed by atoms with E-state index in [9.17, 15) is 14.4 Å². The van der Waals surface area contributed by atoms with Crippen molar-refractivity contribution in [3.05, 3.63) is 95.6 Å². The first-order chi connectivity index (χ1) is 20.0. The number of benzene rings is 3. The molecule has 3 heterocycles. The quantitative estimate of drug-likeness (QED) is 0.457. The van der Waals surface area contributed by atoms with Crippen LogP contribution in [-0.2, 0) is 22.7 Å². The molecule has 3 aliphatic heterocycles. The summed E-state index contributed by atoms with van der Waals surface area (Å²) in [7, 11) is 0. The number of urea groups is 1. The van der Waals surface area contributed by atoms with E-state index in [4.69, 9.17) is 9.47 Å². The predicted octanol–water partition coefficient (Wildman–Crippen LogP) is 3.51. The molecule has 0 saturated carbocycles. The minimum absolute atomic E-state index is 0.0118. The van der Waals surface area contributed by atoms with Crippen LogP contribution < -0.4 is 14.8 Å². The lowest BCUT2D eigenvalue weighted by atomic mass is 10.00. The highest BCUT2D eigenvalue weighted by molar-refractivity contribution is 5.92. The van der Waals surface area contributed by atoms with E-state index in [0.717, 1.165) is 16.7 Å². The lowest BCUT2D eigenvalue weighted by Gasteiger charge is -2.46. The predicted molar refractivity (Wildman–Crippen MR) is 150 cm³/mol. The van der Waals surface area contributed by atoms with Gasteiger partial charge in [0.15, 0.2) is 11.5 Å². The van der Waals surface area contributed by atoms with Crippen molar-refractivity contribution in [2.75, 3.05) is 26.4 Å². The van der Waals surface area contributed by atoms with E-state index in [2.05, 4.69) is 5.32 Å². The van der Waals surface area contributed by atoms with Gasteiger partial charge in [0.05, 0.1) is 13.1 Å². The third-order valence-electron chi connectivity index (χ3n) is 7.65. The van der Waals surface area contributed by atoms with Crippen molar-refractivity contribution in [3.8, 4) is 11.5 Å². The number of nitrogens with zero attached hydrogens (tertiary/aromatic N) is 4. The van der Waals surface area contributed by atoms with Crippen molar-refractivity contribution in [2.24, 2.45) is 0 Å². The van der Waals surface area contributed by atoms with Crippen LogP contribution in [0.2, 0.25) is 0 Å². The Morgan fingerprint density at radius 1 is 0.951 bits per heavy atom. The van der Waals surface area contributed by atoms with Gasteiger partial charge < -0.3 is 24.6 Å². The number of rotatable bonds is 8. The standard InChI is InChI=1S/C31H33N5O5/c1-2-15-34(31(39)32-17-22-9-5-3-6-10-22)35-20-28(37)36-27(35)19-33(30(38)29(36)24-11-7-4-8-12-24)18-23-13-14-25-26(16-23)41-21-40-25/h3-14,16,27,29H,2,15,17-21H2,1H3,(H,32,39)/t27-,29+/m1/s1. The first-order valence-electron chi connectivity index (χ1n) is 13.9. The molecular formula is C31H33N5O5. The fraction of sp³-hybridized carbons (Fsp3) is 0.323. The highest BCUT2D eigenvalue weighted by atomic mass is 16.7. The lowest BCUT2D eigenvalue weighted by molar-refractivity contribution is -0.158. The summed E-state index contributed by atoms with van der Waals surface area (Å²) in [6.07, 6.45) is 0.200. The minimum Gasteiger partial charge on any atom is -0.454 e. The van der Waals surface area contributed by atoms with Gasteiger partial charge in [-0.05, 0) is 35.2 Å². The largest absolute Gasteiger partial charge is 0.454 e. The molecule has 0 bridgehead atoms. The van der Waals surface area contributed by atoms with Crippen molar-refractivity contribution in [1.29, 1.82) is 0 Å². The molecule has 3 aromatic rings. The molecule has 0 aliphatic carbocycles. The summed E-state index contributed by atoms with van der Waals surface area (Å²) in [5.41, 5.74) is 2.62. The second-order valence-electron chi connectivity index (χ2n) is 10.4. The van der Waals surface area contributed by atoms with E-state index < -0.39 is 12.2 Å². The number of piperazine rings is 1. The van der Waals surface area contributed by atoms with Gasteiger partial charge in [-0.25, -0.2) is 4.79 Å². The van der Waals surface area contributed by atoms with Gasteiger partial charge in [0, 0.05) is 19.6 Å². The van der Waals surface area contributed by atoms with Crippen LogP contribution in [0.4, 0.5) is 4.79 Å². The average Bonchev–Trinajstić information content (AvgIpc) is 3.60. The molecule has 2 fully saturated rings. The molecule has 0 unspecified atom stereocenters. The molecule has 41 heavy (non-hydrogen) atoms. The van der Waals surface area contributed by atoms with Crippen molar-refractivity contribution >= 4 is 17.8 Å². The molecule has 0 radical (unpaired) electrons. The molecule has 212 valence electrons. The average molecular weight is 556 g/mol. The summed E-state index contributed by atoms with van der Waals surface area (Å²) in [4.78, 5) is 44.5. The zero-order chi connectivity index (χ0) is 28.3. The van der Waals surface area contributed by atoms with E-state index in [1.807, 2.05) is 90.8 Å². The van der Waals surface area contributed by atoms with Crippen LogP contribution in [0.5, 0.6) is 11.5 Å². The van der Waals surface area contributed by atoms with Gasteiger partial charge in [-0.3, -0.25) is 14.6 Å². The molecule has 2 atom stereocenters. The summed E-state index contributed by atoms with van der Waals surface area (Å²) in [5, 5.41) is 6.45. The van der Waals surface area contributed by atoms with Gasteiger partial charge >= 0.3 is 6.03 Å². The SMILES string of the molecule is CCCN(C(=O)NCc1ccccc1)N1CC(=O)N2[C@@H](c3ccccc3)C(=O)N(Cc3ccc4c(c3)OCO4)C[C@@H]21. The molecule has 1 N–H and O–H groups in total. The number of carbonyl (C=O) groups is 3. The van der Waals surface area contributed by atoms with Crippen LogP contribution >= 0.6 is 0 Å². The minimum atomic E-state index is -0.794. The first kappa shape index (κ1) is 26.6. The Hall–Kier alpha value is -4.57. The Labute approximate surface area is 239 Å². The molecule has 10 heteroatoms. The van der Waals surface area contributed by atoms with Crippen molar-refractivity contribution in [1.82, 2.24) is 25.1 Å². The molecule has 0 aromatic heterocycles. The number of hydrogen-bond acceptors (Lipinski definition) is 6. The van der Waals surface area contributed by atoms with Gasteiger partial charge in [0.1, 0.15) is 12.2 Å². The van der Waals surface area contributed by atoms with Gasteiger partial charge in [0.25, 0.3) is 5.91 Å². The second-order valence-corrected chi connectivity index (χ2v) is 10.4. The molecule has 3 aliphatic rings. The van der Waals surface area contributed by atoms with E-state index in [1.54, 1.807) is 14.8 Å². The monoisotopic (exact) mass is 555 g/mol. The van der Waals surface area contributed by atoms with Gasteiger partial charge in [-0.2, -0.15) is 5.01 Å². The van der Waals surface area contributed by atoms with Crippen LogP contribution in [0, 0.1) is 0 Å². The molecule has 4 amide bonds. The third-order valence-corrected chi connectivity index (χ3v) is 7.65. The Bertz CT molecular complexity index is 1420. The van der Waals surface area contributed by atoms with E-state index in [1.165, 1.54) is 0 Å². The van der Waals surface area contributed by atoms with Gasteiger partial charge in [0.2, 0.25) is 12.7 Å². The van der Waals surface area contributed by atoms with Crippen molar-refractivity contribution in [3.63, 3.8) is 0 Å². The summed E-state index contributed by atoms with van der Waals surface area (Å²) in [5.74, 6) is 0.985. The van der Waals surface area contributed by atoms with Crippen LogP contribution in [0.25, 0.3) is 0 Å². The Morgan fingerprint density at radius 2 is 1.68 bits per heavy atom. The maximum atomic E-state index is 14.0. The fourth-order valence-electron chi connectivity index (χ4n) is 5.72. The maximum absolute atomic E-state index is 14.0.